The maximum Gasteiger partial charge on any atom is 0.228 e. The highest BCUT2D eigenvalue weighted by molar-refractivity contribution is 7.90. The molecule has 0 aromatic rings. The number of likely N-dealkylation sites (tertiary alicyclic amines) is 1. The van der Waals surface area contributed by atoms with Gasteiger partial charge in [-0.05, 0) is 31.1 Å². The number of sulfonamides is 1. The third-order valence-corrected chi connectivity index (χ3v) is 7.02. The average molecular weight is 300 g/mol. The molecule has 2 aliphatic heterocycles. The topological polar surface area (TPSA) is 57.7 Å². The summed E-state index contributed by atoms with van der Waals surface area (Å²) in [7, 11) is -3.09. The van der Waals surface area contributed by atoms with E-state index in [0.717, 1.165) is 25.9 Å². The zero-order valence-corrected chi connectivity index (χ0v) is 13.1. The van der Waals surface area contributed by atoms with Crippen LogP contribution in [0.5, 0.6) is 0 Å². The summed E-state index contributed by atoms with van der Waals surface area (Å²) in [4.78, 5) is 14.4. The molecule has 0 aromatic carbocycles. The molecule has 2 unspecified atom stereocenters. The van der Waals surface area contributed by atoms with Crippen LogP contribution < -0.4 is 0 Å². The normalized spacial score (nSPS) is 33.0. The number of hydrogen-bond acceptors (Lipinski definition) is 3. The smallest absolute Gasteiger partial charge is 0.228 e. The Balaban J connectivity index is 1.55. The number of amides is 1. The van der Waals surface area contributed by atoms with Gasteiger partial charge in [-0.2, -0.15) is 4.31 Å². The predicted octanol–water partition coefficient (Wildman–Crippen LogP) is 0.915. The predicted molar refractivity (Wildman–Crippen MR) is 76.5 cm³/mol. The van der Waals surface area contributed by atoms with Crippen molar-refractivity contribution >= 4 is 15.9 Å². The molecule has 2 heterocycles. The first-order chi connectivity index (χ1) is 9.38. The standard InChI is InChI=1S/C14H24N2O3S/c1-10-5-11(2)7-15(6-10)14(17)12-8-16(9-12)20(18,19)13-3-4-13/h10-13H,3-9H2,1-2H3. The number of hydrogen-bond donors (Lipinski definition) is 0. The molecule has 6 heteroatoms. The van der Waals surface area contributed by atoms with Gasteiger partial charge in [-0.15, -0.1) is 0 Å². The molecule has 3 fully saturated rings. The highest BCUT2D eigenvalue weighted by Crippen LogP contribution is 2.35. The van der Waals surface area contributed by atoms with Gasteiger partial charge in [0.2, 0.25) is 15.9 Å². The van der Waals surface area contributed by atoms with E-state index in [-0.39, 0.29) is 17.1 Å². The Morgan fingerprint density at radius 1 is 1.00 bits per heavy atom. The lowest BCUT2D eigenvalue weighted by Crippen LogP contribution is -2.58. The first-order valence-electron chi connectivity index (χ1n) is 7.65. The Hall–Kier alpha value is -0.620. The van der Waals surface area contributed by atoms with Crippen LogP contribution >= 0.6 is 0 Å². The molecule has 5 nitrogen and oxygen atoms in total. The number of piperidine rings is 1. The van der Waals surface area contributed by atoms with Gasteiger partial charge >= 0.3 is 0 Å². The lowest BCUT2D eigenvalue weighted by atomic mass is 9.90. The number of nitrogens with zero attached hydrogens (tertiary/aromatic N) is 2. The van der Waals surface area contributed by atoms with Crippen LogP contribution in [0.3, 0.4) is 0 Å². The molecule has 3 rings (SSSR count). The largest absolute Gasteiger partial charge is 0.342 e. The molecule has 1 amide bonds. The third kappa shape index (κ3) is 2.60. The molecule has 0 N–H and O–H groups in total. The van der Waals surface area contributed by atoms with Gasteiger partial charge in [0.15, 0.2) is 0 Å². The fourth-order valence-corrected chi connectivity index (χ4v) is 5.41. The van der Waals surface area contributed by atoms with Crippen LogP contribution in [0.15, 0.2) is 0 Å². The van der Waals surface area contributed by atoms with Crippen molar-refractivity contribution in [2.45, 2.75) is 38.4 Å². The number of rotatable bonds is 3. The minimum absolute atomic E-state index is 0.110. The molecule has 1 saturated carbocycles. The van der Waals surface area contributed by atoms with Gasteiger partial charge in [0, 0.05) is 26.2 Å². The molecule has 3 aliphatic rings. The SMILES string of the molecule is CC1CC(C)CN(C(=O)C2CN(S(=O)(=O)C3CC3)C2)C1. The van der Waals surface area contributed by atoms with Gasteiger partial charge in [0.25, 0.3) is 0 Å². The fraction of sp³-hybridized carbons (Fsp3) is 0.929. The van der Waals surface area contributed by atoms with Crippen LogP contribution in [0, 0.1) is 17.8 Å². The van der Waals surface area contributed by atoms with E-state index in [0.29, 0.717) is 24.9 Å². The van der Waals surface area contributed by atoms with Crippen LogP contribution in [-0.2, 0) is 14.8 Å². The van der Waals surface area contributed by atoms with Crippen LogP contribution in [-0.4, -0.2) is 55.0 Å². The van der Waals surface area contributed by atoms with Crippen molar-refractivity contribution in [2.24, 2.45) is 17.8 Å². The summed E-state index contributed by atoms with van der Waals surface area (Å²) in [5, 5.41) is -0.159. The minimum Gasteiger partial charge on any atom is -0.342 e. The molecule has 0 radical (unpaired) electrons. The van der Waals surface area contributed by atoms with Gasteiger partial charge in [0.1, 0.15) is 0 Å². The molecular formula is C14H24N2O3S. The molecule has 2 saturated heterocycles. The summed E-state index contributed by atoms with van der Waals surface area (Å²) in [5.41, 5.74) is 0. The quantitative estimate of drug-likeness (QED) is 0.778. The van der Waals surface area contributed by atoms with Crippen molar-refractivity contribution < 1.29 is 13.2 Å². The summed E-state index contributed by atoms with van der Waals surface area (Å²) in [6.07, 6.45) is 2.76. The molecule has 0 bridgehead atoms. The Morgan fingerprint density at radius 3 is 2.05 bits per heavy atom. The van der Waals surface area contributed by atoms with Gasteiger partial charge in [-0.1, -0.05) is 13.8 Å². The number of carbonyl (C=O) groups is 1. The van der Waals surface area contributed by atoms with E-state index in [1.54, 1.807) is 0 Å². The second kappa shape index (κ2) is 4.98. The molecule has 20 heavy (non-hydrogen) atoms. The van der Waals surface area contributed by atoms with Crippen molar-refractivity contribution in [3.05, 3.63) is 0 Å². The number of carbonyl (C=O) groups excluding carboxylic acids is 1. The summed E-state index contributed by atoms with van der Waals surface area (Å²) in [6.45, 7) is 6.82. The van der Waals surface area contributed by atoms with Crippen LogP contribution in [0.4, 0.5) is 0 Å². The molecule has 114 valence electrons. The van der Waals surface area contributed by atoms with Crippen molar-refractivity contribution in [3.8, 4) is 0 Å². The van der Waals surface area contributed by atoms with Crippen LogP contribution in [0.1, 0.15) is 33.1 Å². The van der Waals surface area contributed by atoms with Crippen molar-refractivity contribution in [1.82, 2.24) is 9.21 Å². The highest BCUT2D eigenvalue weighted by Gasteiger charge is 2.47. The Kier molecular flexibility index (Phi) is 3.57. The van der Waals surface area contributed by atoms with E-state index < -0.39 is 10.0 Å². The molecule has 0 spiro atoms. The maximum atomic E-state index is 12.4. The minimum atomic E-state index is -3.09. The molecule has 2 atom stereocenters. The lowest BCUT2D eigenvalue weighted by Gasteiger charge is -2.42. The molecule has 0 aromatic heterocycles. The van der Waals surface area contributed by atoms with Crippen molar-refractivity contribution in [3.63, 3.8) is 0 Å². The van der Waals surface area contributed by atoms with Gasteiger partial charge in [0.05, 0.1) is 11.2 Å². The van der Waals surface area contributed by atoms with Gasteiger partial charge in [-0.25, -0.2) is 8.42 Å². The fourth-order valence-electron chi connectivity index (χ4n) is 3.48. The summed E-state index contributed by atoms with van der Waals surface area (Å²) < 4.78 is 25.6. The highest BCUT2D eigenvalue weighted by atomic mass is 32.2. The third-order valence-electron chi connectivity index (χ3n) is 4.68. The zero-order chi connectivity index (χ0) is 14.5. The average Bonchev–Trinajstić information content (AvgIpc) is 3.08. The van der Waals surface area contributed by atoms with Crippen molar-refractivity contribution in [1.29, 1.82) is 0 Å². The second-order valence-electron chi connectivity index (χ2n) is 6.95. The summed E-state index contributed by atoms with van der Waals surface area (Å²) in [6, 6.07) is 0. The Morgan fingerprint density at radius 2 is 1.55 bits per heavy atom. The summed E-state index contributed by atoms with van der Waals surface area (Å²) >= 11 is 0. The molecular weight excluding hydrogens is 276 g/mol. The Labute approximate surface area is 121 Å². The van der Waals surface area contributed by atoms with E-state index >= 15 is 0 Å². The maximum absolute atomic E-state index is 12.4. The Bertz CT molecular complexity index is 485. The van der Waals surface area contributed by atoms with Gasteiger partial charge in [-0.3, -0.25) is 4.79 Å². The van der Waals surface area contributed by atoms with Crippen molar-refractivity contribution in [2.75, 3.05) is 26.2 Å². The monoisotopic (exact) mass is 300 g/mol. The van der Waals surface area contributed by atoms with Crippen LogP contribution in [0.25, 0.3) is 0 Å². The lowest BCUT2D eigenvalue weighted by molar-refractivity contribution is -0.141. The summed E-state index contributed by atoms with van der Waals surface area (Å²) in [5.74, 6) is 1.15. The second-order valence-corrected chi connectivity index (χ2v) is 9.16. The van der Waals surface area contributed by atoms with E-state index in [1.807, 2.05) is 4.90 Å². The zero-order valence-electron chi connectivity index (χ0n) is 12.3. The first kappa shape index (κ1) is 14.3. The molecule has 1 aliphatic carbocycles. The van der Waals surface area contributed by atoms with Gasteiger partial charge < -0.3 is 4.90 Å². The van der Waals surface area contributed by atoms with E-state index in [2.05, 4.69) is 13.8 Å². The van der Waals surface area contributed by atoms with Crippen LogP contribution in [0.2, 0.25) is 0 Å². The van der Waals surface area contributed by atoms with E-state index in [9.17, 15) is 13.2 Å². The van der Waals surface area contributed by atoms with E-state index in [1.165, 1.54) is 10.7 Å². The van der Waals surface area contributed by atoms with E-state index in [4.69, 9.17) is 0 Å². The first-order valence-corrected chi connectivity index (χ1v) is 9.16.